The van der Waals surface area contributed by atoms with Gasteiger partial charge >= 0.3 is 0 Å². The van der Waals surface area contributed by atoms with E-state index < -0.39 is 0 Å². The Morgan fingerprint density at radius 1 is 1.21 bits per heavy atom. The van der Waals surface area contributed by atoms with Crippen molar-refractivity contribution in [2.75, 3.05) is 5.32 Å². The SMILES string of the molecule is O=C(Nc1ccc(Cl)s1)C1CC12CCC(c1ccnc3ccc(F)cc13)CC2. The van der Waals surface area contributed by atoms with Crippen LogP contribution >= 0.6 is 22.9 Å². The molecule has 6 heteroatoms. The largest absolute Gasteiger partial charge is 0.317 e. The molecule has 3 aromatic rings. The first-order valence-corrected chi connectivity index (χ1v) is 10.8. The van der Waals surface area contributed by atoms with Crippen molar-refractivity contribution in [2.24, 2.45) is 11.3 Å². The summed E-state index contributed by atoms with van der Waals surface area (Å²) in [4.78, 5) is 17.0. The highest BCUT2D eigenvalue weighted by atomic mass is 35.5. The van der Waals surface area contributed by atoms with Crippen molar-refractivity contribution < 1.29 is 9.18 Å². The molecule has 5 rings (SSSR count). The molecule has 1 atom stereocenters. The first-order valence-electron chi connectivity index (χ1n) is 9.64. The quantitative estimate of drug-likeness (QED) is 0.539. The number of thiophene rings is 1. The Labute approximate surface area is 171 Å². The van der Waals surface area contributed by atoms with Crippen LogP contribution in [-0.2, 0) is 4.79 Å². The minimum Gasteiger partial charge on any atom is -0.317 e. The molecule has 1 spiro atoms. The molecular weight excluding hydrogens is 395 g/mol. The highest BCUT2D eigenvalue weighted by molar-refractivity contribution is 7.20. The van der Waals surface area contributed by atoms with E-state index in [1.54, 1.807) is 18.2 Å². The minimum atomic E-state index is -0.221. The molecule has 28 heavy (non-hydrogen) atoms. The van der Waals surface area contributed by atoms with Crippen molar-refractivity contribution in [1.82, 2.24) is 4.98 Å². The van der Waals surface area contributed by atoms with Crippen molar-refractivity contribution >= 4 is 44.7 Å². The van der Waals surface area contributed by atoms with Gasteiger partial charge in [-0.1, -0.05) is 11.6 Å². The summed E-state index contributed by atoms with van der Waals surface area (Å²) in [5.74, 6) is 0.398. The number of rotatable bonds is 3. The third-order valence-corrected chi connectivity index (χ3v) is 7.63. The van der Waals surface area contributed by atoms with E-state index in [4.69, 9.17) is 11.6 Å². The second-order valence-electron chi connectivity index (χ2n) is 8.05. The van der Waals surface area contributed by atoms with Crippen LogP contribution in [-0.4, -0.2) is 10.9 Å². The van der Waals surface area contributed by atoms with Gasteiger partial charge in [0.2, 0.25) is 5.91 Å². The number of nitrogens with one attached hydrogen (secondary N) is 1. The lowest BCUT2D eigenvalue weighted by atomic mass is 9.75. The van der Waals surface area contributed by atoms with E-state index in [0.29, 0.717) is 10.3 Å². The van der Waals surface area contributed by atoms with Gasteiger partial charge in [0.1, 0.15) is 5.82 Å². The van der Waals surface area contributed by atoms with E-state index in [9.17, 15) is 9.18 Å². The normalized spacial score (nSPS) is 26.5. The van der Waals surface area contributed by atoms with Crippen LogP contribution < -0.4 is 5.32 Å². The lowest BCUT2D eigenvalue weighted by Crippen LogP contribution is -2.22. The third kappa shape index (κ3) is 3.20. The van der Waals surface area contributed by atoms with E-state index >= 15 is 0 Å². The summed E-state index contributed by atoms with van der Waals surface area (Å²) in [6, 6.07) is 10.5. The maximum Gasteiger partial charge on any atom is 0.228 e. The van der Waals surface area contributed by atoms with Crippen molar-refractivity contribution in [3.8, 4) is 0 Å². The van der Waals surface area contributed by atoms with Gasteiger partial charge in [-0.25, -0.2) is 4.39 Å². The second kappa shape index (κ2) is 6.82. The predicted octanol–water partition coefficient (Wildman–Crippen LogP) is 6.39. The van der Waals surface area contributed by atoms with Crippen LogP contribution in [0.15, 0.2) is 42.6 Å². The van der Waals surface area contributed by atoms with Crippen molar-refractivity contribution in [2.45, 2.75) is 38.0 Å². The van der Waals surface area contributed by atoms with Crippen LogP contribution in [0.2, 0.25) is 4.34 Å². The Bertz CT molecular complexity index is 1060. The van der Waals surface area contributed by atoms with Gasteiger partial charge in [-0.3, -0.25) is 9.78 Å². The van der Waals surface area contributed by atoms with Gasteiger partial charge in [-0.2, -0.15) is 0 Å². The zero-order chi connectivity index (χ0) is 19.3. The first kappa shape index (κ1) is 18.1. The number of anilines is 1. The predicted molar refractivity (Wildman–Crippen MR) is 111 cm³/mol. The lowest BCUT2D eigenvalue weighted by Gasteiger charge is -2.30. The number of benzene rings is 1. The van der Waals surface area contributed by atoms with Crippen molar-refractivity contribution in [1.29, 1.82) is 0 Å². The van der Waals surface area contributed by atoms with E-state index in [0.717, 1.165) is 48.0 Å². The van der Waals surface area contributed by atoms with Gasteiger partial charge < -0.3 is 5.32 Å². The minimum absolute atomic E-state index is 0.0981. The maximum atomic E-state index is 13.8. The van der Waals surface area contributed by atoms with Crippen LogP contribution in [0.4, 0.5) is 9.39 Å². The van der Waals surface area contributed by atoms with Crippen LogP contribution in [0.3, 0.4) is 0 Å². The number of pyridine rings is 1. The Morgan fingerprint density at radius 3 is 2.79 bits per heavy atom. The van der Waals surface area contributed by atoms with E-state index in [1.165, 1.54) is 23.0 Å². The number of carbonyl (C=O) groups excluding carboxylic acids is 1. The Hall–Kier alpha value is -1.98. The Kier molecular flexibility index (Phi) is 4.40. The molecule has 0 saturated heterocycles. The van der Waals surface area contributed by atoms with E-state index in [2.05, 4.69) is 10.3 Å². The monoisotopic (exact) mass is 414 g/mol. The molecule has 0 aliphatic heterocycles. The zero-order valence-corrected chi connectivity index (χ0v) is 16.8. The van der Waals surface area contributed by atoms with Crippen LogP contribution in [0.25, 0.3) is 10.9 Å². The van der Waals surface area contributed by atoms with Gasteiger partial charge in [-0.05, 0) is 85.4 Å². The molecule has 1 aromatic carbocycles. The van der Waals surface area contributed by atoms with Gasteiger partial charge in [0.15, 0.2) is 0 Å². The number of nitrogens with zero attached hydrogens (tertiary/aromatic N) is 1. The third-order valence-electron chi connectivity index (χ3n) is 6.48. The molecule has 0 bridgehead atoms. The molecule has 2 aliphatic carbocycles. The molecule has 2 aromatic heterocycles. The lowest BCUT2D eigenvalue weighted by molar-refractivity contribution is -0.118. The maximum absolute atomic E-state index is 13.8. The summed E-state index contributed by atoms with van der Waals surface area (Å²) in [5.41, 5.74) is 2.18. The van der Waals surface area contributed by atoms with Crippen LogP contribution in [0.5, 0.6) is 0 Å². The fourth-order valence-corrected chi connectivity index (χ4v) is 5.81. The fourth-order valence-electron chi connectivity index (χ4n) is 4.86. The second-order valence-corrected chi connectivity index (χ2v) is 9.76. The fraction of sp³-hybridized carbons (Fsp3) is 0.364. The summed E-state index contributed by atoms with van der Waals surface area (Å²) < 4.78 is 14.4. The van der Waals surface area contributed by atoms with Crippen LogP contribution in [0, 0.1) is 17.2 Å². The van der Waals surface area contributed by atoms with Gasteiger partial charge in [-0.15, -0.1) is 11.3 Å². The van der Waals surface area contributed by atoms with E-state index in [-0.39, 0.29) is 23.1 Å². The molecule has 1 amide bonds. The summed E-state index contributed by atoms with van der Waals surface area (Å²) >= 11 is 7.34. The molecule has 2 aliphatic rings. The number of halogens is 2. The summed E-state index contributed by atoms with van der Waals surface area (Å²) in [5, 5.41) is 4.75. The van der Waals surface area contributed by atoms with Gasteiger partial charge in [0, 0.05) is 17.5 Å². The highest BCUT2D eigenvalue weighted by Gasteiger charge is 2.58. The highest BCUT2D eigenvalue weighted by Crippen LogP contribution is 2.63. The average Bonchev–Trinajstić information content (AvgIpc) is 3.24. The average molecular weight is 415 g/mol. The summed E-state index contributed by atoms with van der Waals surface area (Å²) in [6.45, 7) is 0. The molecule has 2 heterocycles. The summed E-state index contributed by atoms with van der Waals surface area (Å²) in [6.07, 6.45) is 6.94. The summed E-state index contributed by atoms with van der Waals surface area (Å²) in [7, 11) is 0. The smallest absolute Gasteiger partial charge is 0.228 e. The van der Waals surface area contributed by atoms with Crippen molar-refractivity contribution in [3.63, 3.8) is 0 Å². The molecule has 2 fully saturated rings. The number of hydrogen-bond donors (Lipinski definition) is 1. The van der Waals surface area contributed by atoms with Gasteiger partial charge in [0.25, 0.3) is 0 Å². The Balaban J connectivity index is 1.27. The number of aromatic nitrogens is 1. The number of carbonyl (C=O) groups is 1. The topological polar surface area (TPSA) is 42.0 Å². The number of fused-ring (bicyclic) bond motifs is 1. The molecular formula is C22H20ClFN2OS. The molecule has 3 nitrogen and oxygen atoms in total. The molecule has 2 saturated carbocycles. The van der Waals surface area contributed by atoms with Gasteiger partial charge in [0.05, 0.1) is 14.9 Å². The zero-order valence-electron chi connectivity index (χ0n) is 15.3. The van der Waals surface area contributed by atoms with Crippen molar-refractivity contribution in [3.05, 3.63) is 58.3 Å². The first-order chi connectivity index (χ1) is 13.5. The standard InChI is InChI=1S/C22H20ClFN2OS/c23-19-3-4-20(28-19)26-21(27)17-12-22(17)8-5-13(6-9-22)15-7-10-25-18-2-1-14(24)11-16(15)18/h1-4,7,10-11,13,17H,5-6,8-9,12H2,(H,26,27). The molecule has 144 valence electrons. The van der Waals surface area contributed by atoms with Crippen LogP contribution in [0.1, 0.15) is 43.6 Å². The number of amides is 1. The Morgan fingerprint density at radius 2 is 2.04 bits per heavy atom. The molecule has 0 radical (unpaired) electrons. The van der Waals surface area contributed by atoms with E-state index in [1.807, 2.05) is 18.3 Å². The molecule has 1 unspecified atom stereocenters. The number of hydrogen-bond acceptors (Lipinski definition) is 3. The molecule has 1 N–H and O–H groups in total.